The summed E-state index contributed by atoms with van der Waals surface area (Å²) in [6.45, 7) is 0. The number of hydrogen-bond donors (Lipinski definition) is 3. The Morgan fingerprint density at radius 3 is 2.30 bits per heavy atom. The fourth-order valence-electron chi connectivity index (χ4n) is 2.42. The third kappa shape index (κ3) is 3.68. The summed E-state index contributed by atoms with van der Waals surface area (Å²) in [5, 5.41) is 29.2. The molecule has 3 rings (SSSR count). The van der Waals surface area contributed by atoms with E-state index in [0.29, 0.717) is 5.69 Å². The summed E-state index contributed by atoms with van der Waals surface area (Å²) in [6, 6.07) is 10.2. The zero-order valence-electron chi connectivity index (χ0n) is 13.5. The molecule has 11 heteroatoms. The maximum Gasteiger partial charge on any atom is 0.294 e. The molecule has 10 nitrogen and oxygen atoms in total. The minimum Gasteiger partial charge on any atom is -0.507 e. The van der Waals surface area contributed by atoms with Crippen molar-refractivity contribution in [2.45, 2.75) is 4.90 Å². The number of nitro groups is 1. The number of rotatable bonds is 4. The molecule has 3 aromatic carbocycles. The van der Waals surface area contributed by atoms with Gasteiger partial charge in [0, 0.05) is 18.2 Å². The number of fused-ring (bicyclic) bond motifs is 1. The van der Waals surface area contributed by atoms with Crippen LogP contribution in [0.2, 0.25) is 0 Å². The van der Waals surface area contributed by atoms with Crippen LogP contribution in [-0.4, -0.2) is 23.0 Å². The Morgan fingerprint density at radius 1 is 1.04 bits per heavy atom. The zero-order chi connectivity index (χ0) is 19.8. The van der Waals surface area contributed by atoms with Gasteiger partial charge in [0.1, 0.15) is 11.4 Å². The Balaban J connectivity index is 2.10. The fraction of sp³-hybridized carbons (Fsp3) is 0. The Bertz CT molecular complexity index is 1190. The van der Waals surface area contributed by atoms with Gasteiger partial charge in [-0.05, 0) is 29.7 Å². The quantitative estimate of drug-likeness (QED) is 0.201. The van der Waals surface area contributed by atoms with Crippen molar-refractivity contribution >= 4 is 43.6 Å². The van der Waals surface area contributed by atoms with E-state index in [4.69, 9.17) is 10.3 Å². The summed E-state index contributed by atoms with van der Waals surface area (Å²) < 4.78 is 31.8. The molecule has 0 heterocycles. The van der Waals surface area contributed by atoms with Crippen LogP contribution in [0.25, 0.3) is 10.8 Å². The monoisotopic (exact) mass is 388 g/mol. The highest BCUT2D eigenvalue weighted by Crippen LogP contribution is 2.40. The number of phenolic OH excluding ortho intramolecular Hbond substituents is 1. The molecule has 0 spiro atoms. The molecule has 0 saturated heterocycles. The Labute approximate surface area is 152 Å². The van der Waals surface area contributed by atoms with E-state index in [0.717, 1.165) is 12.1 Å². The van der Waals surface area contributed by atoms with E-state index in [1.165, 1.54) is 36.4 Å². The number of benzene rings is 3. The van der Waals surface area contributed by atoms with Gasteiger partial charge in [0.05, 0.1) is 26.6 Å². The first-order valence-corrected chi connectivity index (χ1v) is 8.80. The van der Waals surface area contributed by atoms with Crippen LogP contribution in [0, 0.1) is 10.1 Å². The second-order valence-electron chi connectivity index (χ2n) is 5.49. The van der Waals surface area contributed by atoms with Crippen molar-refractivity contribution in [2.75, 3.05) is 5.73 Å². The molecular weight excluding hydrogens is 376 g/mol. The number of nitrogen functional groups attached to an aromatic ring is 1. The molecule has 0 saturated carbocycles. The van der Waals surface area contributed by atoms with Crippen molar-refractivity contribution in [3.8, 4) is 5.75 Å². The number of hydrogen-bond acceptors (Lipinski definition) is 8. The Kier molecular flexibility index (Phi) is 4.47. The summed E-state index contributed by atoms with van der Waals surface area (Å²) >= 11 is 0. The molecule has 0 amide bonds. The second kappa shape index (κ2) is 6.63. The second-order valence-corrected chi connectivity index (χ2v) is 6.91. The van der Waals surface area contributed by atoms with Crippen molar-refractivity contribution < 1.29 is 23.0 Å². The molecule has 0 fully saturated rings. The van der Waals surface area contributed by atoms with Crippen LogP contribution in [0.3, 0.4) is 0 Å². The van der Waals surface area contributed by atoms with Gasteiger partial charge in [-0.25, -0.2) is 0 Å². The van der Waals surface area contributed by atoms with E-state index >= 15 is 0 Å². The van der Waals surface area contributed by atoms with Gasteiger partial charge < -0.3 is 10.8 Å². The van der Waals surface area contributed by atoms with Crippen LogP contribution in [0.15, 0.2) is 63.7 Å². The predicted molar refractivity (Wildman–Crippen MR) is 97.1 cm³/mol. The van der Waals surface area contributed by atoms with Gasteiger partial charge in [-0.2, -0.15) is 13.5 Å². The Morgan fingerprint density at radius 2 is 1.70 bits per heavy atom. The third-order valence-electron chi connectivity index (χ3n) is 3.70. The molecular formula is C16H12N4O6S. The molecule has 27 heavy (non-hydrogen) atoms. The molecule has 138 valence electrons. The molecule has 3 aromatic rings. The summed E-state index contributed by atoms with van der Waals surface area (Å²) in [5.41, 5.74) is 6.35. The summed E-state index contributed by atoms with van der Waals surface area (Å²) in [4.78, 5) is 9.64. The van der Waals surface area contributed by atoms with Crippen molar-refractivity contribution in [1.29, 1.82) is 0 Å². The number of phenols is 1. The van der Waals surface area contributed by atoms with E-state index in [2.05, 4.69) is 10.2 Å². The lowest BCUT2D eigenvalue weighted by Crippen LogP contribution is -1.98. The van der Waals surface area contributed by atoms with Crippen LogP contribution >= 0.6 is 0 Å². The number of nitrogens with zero attached hydrogens (tertiary/aromatic N) is 3. The van der Waals surface area contributed by atoms with E-state index in [9.17, 15) is 23.6 Å². The van der Waals surface area contributed by atoms with Crippen molar-refractivity contribution in [2.24, 2.45) is 10.2 Å². The SMILES string of the molecule is Nc1ccc2cc(S(=O)(=O)O)cc(O)c2c1/N=N/c1ccc([N+](=O)[O-])cc1. The summed E-state index contributed by atoms with van der Waals surface area (Å²) in [5.74, 6) is -0.454. The first-order valence-electron chi connectivity index (χ1n) is 7.36. The lowest BCUT2D eigenvalue weighted by atomic mass is 10.1. The maximum atomic E-state index is 11.3. The van der Waals surface area contributed by atoms with Gasteiger partial charge in [0.25, 0.3) is 15.8 Å². The molecule has 0 aliphatic rings. The van der Waals surface area contributed by atoms with Crippen LogP contribution in [0.1, 0.15) is 0 Å². The normalized spacial score (nSPS) is 11.9. The van der Waals surface area contributed by atoms with Crippen molar-refractivity contribution in [1.82, 2.24) is 0 Å². The molecule has 4 N–H and O–H groups in total. The molecule has 0 aliphatic carbocycles. The highest BCUT2D eigenvalue weighted by atomic mass is 32.2. The largest absolute Gasteiger partial charge is 0.507 e. The van der Waals surface area contributed by atoms with Gasteiger partial charge >= 0.3 is 0 Å². The smallest absolute Gasteiger partial charge is 0.294 e. The van der Waals surface area contributed by atoms with Gasteiger partial charge in [0.2, 0.25) is 0 Å². The van der Waals surface area contributed by atoms with Gasteiger partial charge in [-0.1, -0.05) is 6.07 Å². The van der Waals surface area contributed by atoms with Crippen LogP contribution < -0.4 is 5.73 Å². The van der Waals surface area contributed by atoms with E-state index in [1.54, 1.807) is 0 Å². The third-order valence-corrected chi connectivity index (χ3v) is 4.53. The van der Waals surface area contributed by atoms with E-state index < -0.39 is 25.7 Å². The minimum absolute atomic E-state index is 0.0882. The van der Waals surface area contributed by atoms with Crippen LogP contribution in [0.5, 0.6) is 5.75 Å². The van der Waals surface area contributed by atoms with Crippen LogP contribution in [0.4, 0.5) is 22.7 Å². The highest BCUT2D eigenvalue weighted by molar-refractivity contribution is 7.85. The number of anilines is 1. The fourth-order valence-corrected chi connectivity index (χ4v) is 2.96. The molecule has 0 unspecified atom stereocenters. The number of azo groups is 1. The van der Waals surface area contributed by atoms with E-state index in [1.807, 2.05) is 0 Å². The first-order chi connectivity index (χ1) is 12.7. The lowest BCUT2D eigenvalue weighted by Gasteiger charge is -2.08. The highest BCUT2D eigenvalue weighted by Gasteiger charge is 2.16. The van der Waals surface area contributed by atoms with Crippen molar-refractivity contribution in [3.63, 3.8) is 0 Å². The molecule has 0 bridgehead atoms. The maximum absolute atomic E-state index is 11.3. The number of nitro benzene ring substituents is 1. The lowest BCUT2D eigenvalue weighted by molar-refractivity contribution is -0.384. The standard InChI is InChI=1S/C16H12N4O6S/c17-13-6-1-9-7-12(27(24,25)26)8-14(21)15(9)16(13)19-18-10-2-4-11(5-3-10)20(22)23/h1-8,21H,17H2,(H,24,25,26)/b19-18+. The molecule has 0 atom stereocenters. The number of non-ortho nitro benzene ring substituents is 1. The molecule has 0 aromatic heterocycles. The number of nitrogens with two attached hydrogens (primary N) is 1. The van der Waals surface area contributed by atoms with Crippen LogP contribution in [-0.2, 0) is 10.1 Å². The zero-order valence-corrected chi connectivity index (χ0v) is 14.3. The van der Waals surface area contributed by atoms with Crippen molar-refractivity contribution in [3.05, 3.63) is 58.6 Å². The van der Waals surface area contributed by atoms with E-state index in [-0.39, 0.29) is 27.8 Å². The first kappa shape index (κ1) is 18.2. The van der Waals surface area contributed by atoms with Gasteiger partial charge in [-0.15, -0.1) is 5.11 Å². The predicted octanol–water partition coefficient (Wildman–Crippen LogP) is 3.70. The summed E-state index contributed by atoms with van der Waals surface area (Å²) in [6.07, 6.45) is 0. The summed E-state index contributed by atoms with van der Waals surface area (Å²) in [7, 11) is -4.51. The molecule has 0 radical (unpaired) electrons. The average molecular weight is 388 g/mol. The topological polar surface area (TPSA) is 168 Å². The molecule has 0 aliphatic heterocycles. The minimum atomic E-state index is -4.51. The average Bonchev–Trinajstić information content (AvgIpc) is 2.60. The van der Waals surface area contributed by atoms with Gasteiger partial charge in [0.15, 0.2) is 0 Å². The van der Waals surface area contributed by atoms with Gasteiger partial charge in [-0.3, -0.25) is 14.7 Å². The number of aromatic hydroxyl groups is 1. The Hall–Kier alpha value is -3.57.